The average molecular weight is 195 g/mol. The first-order valence-electron chi connectivity index (χ1n) is 4.41. The first-order chi connectivity index (χ1) is 6.57. The van der Waals surface area contributed by atoms with Crippen molar-refractivity contribution in [2.24, 2.45) is 7.05 Å². The van der Waals surface area contributed by atoms with Gasteiger partial charge in [-0.3, -0.25) is 4.79 Å². The van der Waals surface area contributed by atoms with Gasteiger partial charge in [0.1, 0.15) is 5.56 Å². The molecule has 0 aliphatic heterocycles. The van der Waals surface area contributed by atoms with Gasteiger partial charge in [0, 0.05) is 25.0 Å². The monoisotopic (exact) mass is 195 g/mol. The van der Waals surface area contributed by atoms with Crippen LogP contribution in [-0.2, 0) is 11.8 Å². The van der Waals surface area contributed by atoms with Crippen LogP contribution in [0.4, 0.5) is 0 Å². The lowest BCUT2D eigenvalue weighted by molar-refractivity contribution is 0.0523. The lowest BCUT2D eigenvalue weighted by Crippen LogP contribution is -2.21. The normalized spacial score (nSPS) is 9.93. The molecule has 0 N–H and O–H groups in total. The number of rotatable bonds is 2. The second kappa shape index (κ2) is 4.09. The van der Waals surface area contributed by atoms with Gasteiger partial charge in [-0.15, -0.1) is 0 Å². The first kappa shape index (κ1) is 10.5. The number of hydrogen-bond acceptors (Lipinski definition) is 3. The van der Waals surface area contributed by atoms with Crippen LogP contribution in [0.1, 0.15) is 23.0 Å². The fraction of sp³-hybridized carbons (Fsp3) is 0.400. The maximum atomic E-state index is 11.4. The number of nitrogens with zero attached hydrogens (tertiary/aromatic N) is 1. The maximum Gasteiger partial charge on any atom is 0.343 e. The quantitative estimate of drug-likeness (QED) is 0.658. The van der Waals surface area contributed by atoms with Gasteiger partial charge in [-0.2, -0.15) is 0 Å². The average Bonchev–Trinajstić information content (AvgIpc) is 2.13. The highest BCUT2D eigenvalue weighted by Gasteiger charge is 2.15. The minimum Gasteiger partial charge on any atom is -0.462 e. The summed E-state index contributed by atoms with van der Waals surface area (Å²) in [6.07, 6.45) is 1.63. The summed E-state index contributed by atoms with van der Waals surface area (Å²) in [4.78, 5) is 22.8. The predicted molar refractivity (Wildman–Crippen MR) is 52.4 cm³/mol. The van der Waals surface area contributed by atoms with Gasteiger partial charge in [0.05, 0.1) is 6.61 Å². The van der Waals surface area contributed by atoms with Crippen molar-refractivity contribution in [2.75, 3.05) is 6.61 Å². The van der Waals surface area contributed by atoms with Crippen LogP contribution in [0.3, 0.4) is 0 Å². The molecule has 14 heavy (non-hydrogen) atoms. The number of aryl methyl sites for hydroxylation is 1. The van der Waals surface area contributed by atoms with Gasteiger partial charge in [0.15, 0.2) is 5.43 Å². The first-order valence-corrected chi connectivity index (χ1v) is 4.41. The van der Waals surface area contributed by atoms with Crippen LogP contribution in [0.15, 0.2) is 17.1 Å². The zero-order chi connectivity index (χ0) is 10.7. The molecule has 1 aromatic heterocycles. The van der Waals surface area contributed by atoms with E-state index in [2.05, 4.69) is 0 Å². The molecule has 0 bridgehead atoms. The number of ether oxygens (including phenoxy) is 1. The molecule has 1 heterocycles. The van der Waals surface area contributed by atoms with E-state index in [9.17, 15) is 9.59 Å². The predicted octanol–water partition coefficient (Wildman–Crippen LogP) is 0.870. The maximum absolute atomic E-state index is 11.4. The van der Waals surface area contributed by atoms with Gasteiger partial charge >= 0.3 is 5.97 Å². The van der Waals surface area contributed by atoms with Crippen LogP contribution >= 0.6 is 0 Å². The summed E-state index contributed by atoms with van der Waals surface area (Å²) in [5.74, 6) is -0.550. The molecule has 0 spiro atoms. The number of carbonyl (C=O) groups excluding carboxylic acids is 1. The van der Waals surface area contributed by atoms with E-state index in [1.54, 1.807) is 31.7 Å². The number of carbonyl (C=O) groups is 1. The molecule has 0 atom stereocenters. The van der Waals surface area contributed by atoms with E-state index in [1.807, 2.05) is 0 Å². The second-order valence-corrected chi connectivity index (χ2v) is 2.97. The second-order valence-electron chi connectivity index (χ2n) is 2.97. The highest BCUT2D eigenvalue weighted by atomic mass is 16.5. The Bertz CT molecular complexity index is 406. The molecule has 1 aromatic rings. The van der Waals surface area contributed by atoms with Crippen LogP contribution in [0, 0.1) is 6.92 Å². The summed E-state index contributed by atoms with van der Waals surface area (Å²) in [7, 11) is 1.78. The van der Waals surface area contributed by atoms with Gasteiger partial charge in [-0.05, 0) is 13.8 Å². The minimum atomic E-state index is -0.550. The molecule has 4 heteroatoms. The Morgan fingerprint density at radius 1 is 1.57 bits per heavy atom. The molecule has 4 nitrogen and oxygen atoms in total. The SMILES string of the molecule is CCOC(=O)c1c(C)n(C)ccc1=O. The van der Waals surface area contributed by atoms with Crippen LogP contribution in [0.2, 0.25) is 0 Å². The molecule has 0 aliphatic rings. The van der Waals surface area contributed by atoms with E-state index in [4.69, 9.17) is 4.74 Å². The lowest BCUT2D eigenvalue weighted by Gasteiger charge is -2.08. The summed E-state index contributed by atoms with van der Waals surface area (Å²) in [5.41, 5.74) is 0.451. The van der Waals surface area contributed by atoms with Crippen molar-refractivity contribution in [3.63, 3.8) is 0 Å². The molecule has 0 saturated heterocycles. The molecule has 76 valence electrons. The van der Waals surface area contributed by atoms with Crippen molar-refractivity contribution in [3.8, 4) is 0 Å². The molecule has 0 aromatic carbocycles. The van der Waals surface area contributed by atoms with E-state index in [1.165, 1.54) is 6.07 Å². The minimum absolute atomic E-state index is 0.122. The van der Waals surface area contributed by atoms with Crippen molar-refractivity contribution in [2.45, 2.75) is 13.8 Å². The summed E-state index contributed by atoms with van der Waals surface area (Å²) >= 11 is 0. The Hall–Kier alpha value is -1.58. The summed E-state index contributed by atoms with van der Waals surface area (Å²) in [5, 5.41) is 0. The third kappa shape index (κ3) is 1.84. The Morgan fingerprint density at radius 3 is 2.79 bits per heavy atom. The fourth-order valence-corrected chi connectivity index (χ4v) is 1.18. The van der Waals surface area contributed by atoms with Crippen molar-refractivity contribution in [1.82, 2.24) is 4.57 Å². The van der Waals surface area contributed by atoms with Gasteiger partial charge in [-0.25, -0.2) is 4.79 Å². The third-order valence-corrected chi connectivity index (χ3v) is 2.07. The zero-order valence-electron chi connectivity index (χ0n) is 8.53. The zero-order valence-corrected chi connectivity index (χ0v) is 8.53. The molecule has 0 radical (unpaired) electrons. The van der Waals surface area contributed by atoms with Gasteiger partial charge in [0.25, 0.3) is 0 Å². The Morgan fingerprint density at radius 2 is 2.21 bits per heavy atom. The standard InChI is InChI=1S/C10H13NO3/c1-4-14-10(13)9-7(2)11(3)6-5-8(9)12/h5-6H,4H2,1-3H3. The smallest absolute Gasteiger partial charge is 0.343 e. The number of pyridine rings is 1. The Kier molecular flexibility index (Phi) is 3.06. The molecule has 0 unspecified atom stereocenters. The number of esters is 1. The van der Waals surface area contributed by atoms with Crippen LogP contribution in [-0.4, -0.2) is 17.1 Å². The van der Waals surface area contributed by atoms with Gasteiger partial charge in [0.2, 0.25) is 0 Å². The summed E-state index contributed by atoms with van der Waals surface area (Å²) in [6.45, 7) is 3.70. The highest BCUT2D eigenvalue weighted by molar-refractivity contribution is 5.90. The Balaban J connectivity index is 3.26. The lowest BCUT2D eigenvalue weighted by atomic mass is 10.2. The van der Waals surface area contributed by atoms with E-state index >= 15 is 0 Å². The van der Waals surface area contributed by atoms with E-state index in [-0.39, 0.29) is 17.6 Å². The molecular weight excluding hydrogens is 182 g/mol. The summed E-state index contributed by atoms with van der Waals surface area (Å²) in [6, 6.07) is 1.36. The highest BCUT2D eigenvalue weighted by Crippen LogP contribution is 2.02. The molecule has 1 rings (SSSR count). The van der Waals surface area contributed by atoms with E-state index in [0.29, 0.717) is 5.69 Å². The van der Waals surface area contributed by atoms with Crippen molar-refractivity contribution >= 4 is 5.97 Å². The molecule has 0 saturated carbocycles. The molecular formula is C10H13NO3. The van der Waals surface area contributed by atoms with Crippen molar-refractivity contribution in [3.05, 3.63) is 33.7 Å². The van der Waals surface area contributed by atoms with Gasteiger partial charge in [-0.1, -0.05) is 0 Å². The molecule has 0 fully saturated rings. The molecule has 0 aliphatic carbocycles. The van der Waals surface area contributed by atoms with Crippen molar-refractivity contribution < 1.29 is 9.53 Å². The number of aromatic nitrogens is 1. The van der Waals surface area contributed by atoms with Gasteiger partial charge < -0.3 is 9.30 Å². The topological polar surface area (TPSA) is 48.3 Å². The van der Waals surface area contributed by atoms with E-state index in [0.717, 1.165) is 0 Å². The van der Waals surface area contributed by atoms with Crippen LogP contribution in [0.25, 0.3) is 0 Å². The fourth-order valence-electron chi connectivity index (χ4n) is 1.18. The number of hydrogen-bond donors (Lipinski definition) is 0. The van der Waals surface area contributed by atoms with E-state index < -0.39 is 5.97 Å². The third-order valence-electron chi connectivity index (χ3n) is 2.07. The summed E-state index contributed by atoms with van der Waals surface area (Å²) < 4.78 is 6.51. The van der Waals surface area contributed by atoms with Crippen LogP contribution in [0.5, 0.6) is 0 Å². The van der Waals surface area contributed by atoms with Crippen molar-refractivity contribution in [1.29, 1.82) is 0 Å². The largest absolute Gasteiger partial charge is 0.462 e. The molecule has 0 amide bonds. The Labute approximate surface area is 82.1 Å². The van der Waals surface area contributed by atoms with Crippen LogP contribution < -0.4 is 5.43 Å².